The van der Waals surface area contributed by atoms with Crippen LogP contribution in [0.5, 0.6) is 0 Å². The molecule has 0 aromatic heterocycles. The third-order valence-corrected chi connectivity index (χ3v) is 10.4. The number of carbonyl (C=O) groups is 4. The van der Waals surface area contributed by atoms with Gasteiger partial charge < -0.3 is 29.7 Å². The number of hydrogen-bond donors (Lipinski definition) is 2. The van der Waals surface area contributed by atoms with Crippen molar-refractivity contribution in [3.05, 3.63) is 90.5 Å². The van der Waals surface area contributed by atoms with Gasteiger partial charge in [-0.1, -0.05) is 74.5 Å². The van der Waals surface area contributed by atoms with E-state index < -0.39 is 53.5 Å². The highest BCUT2D eigenvalue weighted by Gasteiger charge is 2.75. The van der Waals surface area contributed by atoms with Crippen molar-refractivity contribution in [2.75, 3.05) is 24.7 Å². The molecule has 2 aromatic carbocycles. The molecule has 262 valence electrons. The molecule has 3 aliphatic rings. The van der Waals surface area contributed by atoms with E-state index in [0.717, 1.165) is 22.4 Å². The Labute approximate surface area is 289 Å². The SMILES string of the molecule is C=CCCC(=O)OC[C@H](NC(=O)[C@@H]1[C@H]2C(=O)N([C@@H](CO)C(C)C)[C@H](C(=O)N(CC=C)c3c(C)cccc3C)[C@]23CC[C@H]1O3)c1ccccc1. The zero-order valence-electron chi connectivity index (χ0n) is 29.0. The Balaban J connectivity index is 1.52. The Kier molecular flexibility index (Phi) is 11.1. The normalized spacial score (nSPS) is 25.1. The molecule has 0 radical (unpaired) electrons. The Hall–Kier alpha value is -4.28. The van der Waals surface area contributed by atoms with Gasteiger partial charge in [0, 0.05) is 18.7 Å². The number of benzene rings is 2. The minimum absolute atomic E-state index is 0.0901. The fourth-order valence-corrected chi connectivity index (χ4v) is 8.09. The van der Waals surface area contributed by atoms with E-state index in [0.29, 0.717) is 19.3 Å². The summed E-state index contributed by atoms with van der Waals surface area (Å²) in [7, 11) is 0. The number of nitrogens with one attached hydrogen (secondary N) is 1. The number of likely N-dealkylation sites (tertiary alicyclic amines) is 1. The minimum Gasteiger partial charge on any atom is -0.463 e. The number of anilines is 1. The molecular weight excluding hydrogens is 622 g/mol. The van der Waals surface area contributed by atoms with Gasteiger partial charge in [-0.2, -0.15) is 0 Å². The summed E-state index contributed by atoms with van der Waals surface area (Å²) in [5, 5.41) is 13.7. The molecule has 3 aliphatic heterocycles. The largest absolute Gasteiger partial charge is 0.463 e. The number of esters is 1. The standard InChI is InChI=1S/C39H49N3O7/c1-7-9-18-31(44)48-23-28(27-16-11-10-12-17-27)40-36(45)32-30-19-20-39(49-30)33(32)37(46)42(29(22-43)24(3)4)35(39)38(47)41(21-8-2)34-25(5)14-13-15-26(34)6/h7-8,10-17,24,28-30,32-33,35,43H,1-2,9,18-23H2,3-6H3,(H,40,45)/t28-,29-,30+,32-,33-,35+,39-/m0/s1. The van der Waals surface area contributed by atoms with Gasteiger partial charge in [0.25, 0.3) is 5.91 Å². The maximum atomic E-state index is 15.0. The van der Waals surface area contributed by atoms with Crippen molar-refractivity contribution in [2.24, 2.45) is 17.8 Å². The molecule has 49 heavy (non-hydrogen) atoms. The van der Waals surface area contributed by atoms with Crippen molar-refractivity contribution in [3.63, 3.8) is 0 Å². The molecule has 3 fully saturated rings. The van der Waals surface area contributed by atoms with Crippen molar-refractivity contribution in [2.45, 2.75) is 83.2 Å². The molecule has 3 amide bonds. The molecule has 1 spiro atoms. The third-order valence-electron chi connectivity index (χ3n) is 10.4. The second-order valence-corrected chi connectivity index (χ2v) is 13.8. The molecule has 7 atom stereocenters. The first-order chi connectivity index (χ1) is 23.5. The van der Waals surface area contributed by atoms with Crippen molar-refractivity contribution < 1.29 is 33.8 Å². The molecular formula is C39H49N3O7. The zero-order valence-corrected chi connectivity index (χ0v) is 29.0. The highest BCUT2D eigenvalue weighted by atomic mass is 16.5. The highest BCUT2D eigenvalue weighted by Crippen LogP contribution is 2.59. The number of para-hydroxylation sites is 1. The van der Waals surface area contributed by atoms with Gasteiger partial charge in [-0.25, -0.2) is 0 Å². The smallest absolute Gasteiger partial charge is 0.306 e. The maximum absolute atomic E-state index is 15.0. The Morgan fingerprint density at radius 3 is 2.41 bits per heavy atom. The second kappa shape index (κ2) is 15.1. The van der Waals surface area contributed by atoms with Gasteiger partial charge in [0.2, 0.25) is 11.8 Å². The number of ether oxygens (including phenoxy) is 2. The lowest BCUT2D eigenvalue weighted by Crippen LogP contribution is -2.60. The number of aryl methyl sites for hydroxylation is 2. The van der Waals surface area contributed by atoms with Crippen LogP contribution in [0.15, 0.2) is 73.8 Å². The average molecular weight is 672 g/mol. The Bertz CT molecular complexity index is 1560. The van der Waals surface area contributed by atoms with Gasteiger partial charge in [-0.3, -0.25) is 19.2 Å². The zero-order chi connectivity index (χ0) is 35.5. The van der Waals surface area contributed by atoms with Gasteiger partial charge in [0.1, 0.15) is 18.2 Å². The van der Waals surface area contributed by atoms with Crippen LogP contribution < -0.4 is 10.2 Å². The Morgan fingerprint density at radius 1 is 1.10 bits per heavy atom. The van der Waals surface area contributed by atoms with E-state index in [-0.39, 0.29) is 43.9 Å². The number of carbonyl (C=O) groups excluding carboxylic acids is 4. The summed E-state index contributed by atoms with van der Waals surface area (Å²) in [5.41, 5.74) is 2.01. The lowest BCUT2D eigenvalue weighted by atomic mass is 9.70. The number of nitrogens with zero attached hydrogens (tertiary/aromatic N) is 2. The van der Waals surface area contributed by atoms with Crippen LogP contribution in [0.4, 0.5) is 5.69 Å². The van der Waals surface area contributed by atoms with Crippen molar-refractivity contribution in [1.29, 1.82) is 0 Å². The molecule has 3 saturated heterocycles. The fourth-order valence-electron chi connectivity index (χ4n) is 8.09. The summed E-state index contributed by atoms with van der Waals surface area (Å²) in [6.45, 7) is 15.0. The average Bonchev–Trinajstić information content (AvgIpc) is 3.73. The number of aliphatic hydroxyl groups is 1. The van der Waals surface area contributed by atoms with Crippen LogP contribution >= 0.6 is 0 Å². The molecule has 10 heteroatoms. The minimum atomic E-state index is -1.27. The molecule has 3 heterocycles. The molecule has 2 N–H and O–H groups in total. The van der Waals surface area contributed by atoms with Crippen LogP contribution in [-0.4, -0.2) is 77.2 Å². The van der Waals surface area contributed by atoms with Crippen LogP contribution in [0.25, 0.3) is 0 Å². The van der Waals surface area contributed by atoms with E-state index in [4.69, 9.17) is 9.47 Å². The van der Waals surface area contributed by atoms with E-state index >= 15 is 0 Å². The molecule has 2 bridgehead atoms. The van der Waals surface area contributed by atoms with E-state index in [2.05, 4.69) is 18.5 Å². The van der Waals surface area contributed by atoms with E-state index in [1.54, 1.807) is 17.1 Å². The molecule has 0 aliphatic carbocycles. The third kappa shape index (κ3) is 6.68. The van der Waals surface area contributed by atoms with Crippen LogP contribution in [0.3, 0.4) is 0 Å². The van der Waals surface area contributed by atoms with Gasteiger partial charge in [-0.15, -0.1) is 13.2 Å². The first kappa shape index (κ1) is 36.0. The summed E-state index contributed by atoms with van der Waals surface area (Å²) in [6, 6.07) is 12.6. The van der Waals surface area contributed by atoms with Crippen LogP contribution in [0.1, 0.15) is 62.3 Å². The summed E-state index contributed by atoms with van der Waals surface area (Å²) in [4.78, 5) is 59.6. The molecule has 2 aromatic rings. The summed E-state index contributed by atoms with van der Waals surface area (Å²) >= 11 is 0. The monoisotopic (exact) mass is 671 g/mol. The first-order valence-electron chi connectivity index (χ1n) is 17.2. The lowest BCUT2D eigenvalue weighted by Gasteiger charge is -2.41. The highest BCUT2D eigenvalue weighted by molar-refractivity contribution is 6.05. The van der Waals surface area contributed by atoms with Crippen LogP contribution in [0.2, 0.25) is 0 Å². The number of allylic oxidation sites excluding steroid dienone is 1. The van der Waals surface area contributed by atoms with Gasteiger partial charge in [0.05, 0.1) is 36.6 Å². The van der Waals surface area contributed by atoms with Crippen LogP contribution in [0, 0.1) is 31.6 Å². The second-order valence-electron chi connectivity index (χ2n) is 13.8. The molecule has 0 saturated carbocycles. The van der Waals surface area contributed by atoms with Gasteiger partial charge in [-0.05, 0) is 55.7 Å². The van der Waals surface area contributed by atoms with Crippen molar-refractivity contribution in [3.8, 4) is 0 Å². The molecule has 10 nitrogen and oxygen atoms in total. The van der Waals surface area contributed by atoms with Crippen molar-refractivity contribution >= 4 is 29.4 Å². The topological polar surface area (TPSA) is 125 Å². The maximum Gasteiger partial charge on any atom is 0.306 e. The quantitative estimate of drug-likeness (QED) is 0.210. The number of rotatable bonds is 15. The number of amides is 3. The molecule has 5 rings (SSSR count). The summed E-state index contributed by atoms with van der Waals surface area (Å²) in [6.07, 6.45) is 4.27. The lowest BCUT2D eigenvalue weighted by molar-refractivity contribution is -0.147. The van der Waals surface area contributed by atoms with Crippen LogP contribution in [-0.2, 0) is 28.7 Å². The number of hydrogen-bond acceptors (Lipinski definition) is 7. The first-order valence-corrected chi connectivity index (χ1v) is 17.2. The fraction of sp³-hybridized carbons (Fsp3) is 0.487. The van der Waals surface area contributed by atoms with E-state index in [9.17, 15) is 24.3 Å². The summed E-state index contributed by atoms with van der Waals surface area (Å²) < 4.78 is 12.3. The number of fused-ring (bicyclic) bond motifs is 1. The van der Waals surface area contributed by atoms with Crippen molar-refractivity contribution in [1.82, 2.24) is 10.2 Å². The van der Waals surface area contributed by atoms with Gasteiger partial charge in [0.15, 0.2) is 0 Å². The van der Waals surface area contributed by atoms with E-state index in [1.807, 2.05) is 76.2 Å². The van der Waals surface area contributed by atoms with Gasteiger partial charge >= 0.3 is 5.97 Å². The number of aliphatic hydroxyl groups excluding tert-OH is 1. The van der Waals surface area contributed by atoms with E-state index in [1.165, 1.54) is 4.90 Å². The predicted molar refractivity (Wildman–Crippen MR) is 186 cm³/mol. The Morgan fingerprint density at radius 2 is 1.80 bits per heavy atom. The molecule has 0 unspecified atom stereocenters. The summed E-state index contributed by atoms with van der Waals surface area (Å²) in [5.74, 6) is -3.53. The predicted octanol–water partition coefficient (Wildman–Crippen LogP) is 4.58.